The molecule has 0 aliphatic carbocycles. The number of fused-ring (bicyclic) bond motifs is 1. The van der Waals surface area contributed by atoms with Crippen molar-refractivity contribution < 1.29 is 19.0 Å². The molecule has 4 rings (SSSR count). The van der Waals surface area contributed by atoms with E-state index in [9.17, 15) is 4.79 Å². The summed E-state index contributed by atoms with van der Waals surface area (Å²) in [6.07, 6.45) is 1.76. The van der Waals surface area contributed by atoms with Gasteiger partial charge in [0.1, 0.15) is 17.2 Å². The highest BCUT2D eigenvalue weighted by Gasteiger charge is 2.41. The largest absolute Gasteiger partial charge is 0.497 e. The van der Waals surface area contributed by atoms with Crippen LogP contribution in [-0.2, 0) is 4.74 Å². The zero-order valence-electron chi connectivity index (χ0n) is 20.3. The van der Waals surface area contributed by atoms with Gasteiger partial charge in [-0.15, -0.1) is 0 Å². The van der Waals surface area contributed by atoms with Crippen LogP contribution in [0.4, 0.5) is 0 Å². The van der Waals surface area contributed by atoms with Crippen LogP contribution in [0.5, 0.6) is 11.5 Å². The van der Waals surface area contributed by atoms with E-state index in [1.54, 1.807) is 14.2 Å². The van der Waals surface area contributed by atoms with Crippen LogP contribution in [0.1, 0.15) is 54.3 Å². The summed E-state index contributed by atoms with van der Waals surface area (Å²) in [4.78, 5) is 15.3. The minimum absolute atomic E-state index is 0.0411. The fourth-order valence-electron chi connectivity index (χ4n) is 4.28. The molecule has 0 saturated heterocycles. The summed E-state index contributed by atoms with van der Waals surface area (Å²) < 4.78 is 16.4. The highest BCUT2D eigenvalue weighted by Crippen LogP contribution is 2.43. The first-order chi connectivity index (χ1) is 16.5. The van der Waals surface area contributed by atoms with Gasteiger partial charge in [-0.25, -0.2) is 0 Å². The lowest BCUT2D eigenvalue weighted by molar-refractivity contribution is 0.0723. The Hall–Kier alpha value is -3.32. The number of nitrogens with zero attached hydrogens (tertiary/aromatic N) is 2. The number of carbonyl (C=O) groups is 1. The summed E-state index contributed by atoms with van der Waals surface area (Å²) in [5.41, 5.74) is 4.19. The number of rotatable bonds is 11. The molecular weight excluding hydrogens is 430 g/mol. The SMILES string of the molecule is COCCCN1C(=O)c2[nH]nc(-c3ccc(OC)cc3)c2C1c1ccc(OCCC(C)C)cc1. The summed E-state index contributed by atoms with van der Waals surface area (Å²) in [6.45, 7) is 6.25. The Kier molecular flexibility index (Phi) is 7.53. The van der Waals surface area contributed by atoms with E-state index in [0.29, 0.717) is 31.4 Å². The molecule has 7 heteroatoms. The average Bonchev–Trinajstić information content (AvgIpc) is 3.39. The van der Waals surface area contributed by atoms with E-state index in [2.05, 4.69) is 24.0 Å². The molecule has 180 valence electrons. The number of nitrogens with one attached hydrogen (secondary N) is 1. The average molecular weight is 464 g/mol. The number of benzene rings is 2. The number of carbonyl (C=O) groups excluding carboxylic acids is 1. The van der Waals surface area contributed by atoms with Gasteiger partial charge in [0, 0.05) is 31.4 Å². The van der Waals surface area contributed by atoms with E-state index in [1.165, 1.54) is 0 Å². The number of amides is 1. The Morgan fingerprint density at radius 1 is 1.00 bits per heavy atom. The molecule has 0 radical (unpaired) electrons. The number of methoxy groups -OCH3 is 2. The summed E-state index contributed by atoms with van der Waals surface area (Å²) in [5, 5.41) is 7.54. The zero-order chi connectivity index (χ0) is 24.1. The minimum Gasteiger partial charge on any atom is -0.497 e. The molecule has 2 aromatic carbocycles. The lowest BCUT2D eigenvalue weighted by atomic mass is 9.96. The van der Waals surface area contributed by atoms with Crippen molar-refractivity contribution in [2.45, 2.75) is 32.7 Å². The van der Waals surface area contributed by atoms with Crippen LogP contribution >= 0.6 is 0 Å². The number of ether oxygens (including phenoxy) is 3. The molecule has 0 spiro atoms. The van der Waals surface area contributed by atoms with E-state index in [1.807, 2.05) is 53.4 Å². The molecule has 1 aliphatic heterocycles. The molecule has 34 heavy (non-hydrogen) atoms. The van der Waals surface area contributed by atoms with Crippen LogP contribution in [0.15, 0.2) is 48.5 Å². The second-order valence-electron chi connectivity index (χ2n) is 8.94. The first-order valence-electron chi connectivity index (χ1n) is 11.8. The number of aromatic amines is 1. The first-order valence-corrected chi connectivity index (χ1v) is 11.8. The van der Waals surface area contributed by atoms with E-state index in [4.69, 9.17) is 14.2 Å². The summed E-state index contributed by atoms with van der Waals surface area (Å²) >= 11 is 0. The maximum Gasteiger partial charge on any atom is 0.273 e. The molecule has 1 aromatic heterocycles. The molecule has 2 heterocycles. The zero-order valence-corrected chi connectivity index (χ0v) is 20.3. The van der Waals surface area contributed by atoms with Crippen molar-refractivity contribution in [3.8, 4) is 22.8 Å². The van der Waals surface area contributed by atoms with Crippen molar-refractivity contribution in [3.05, 3.63) is 65.4 Å². The lowest BCUT2D eigenvalue weighted by Crippen LogP contribution is -2.31. The van der Waals surface area contributed by atoms with Gasteiger partial charge in [-0.3, -0.25) is 9.89 Å². The Morgan fingerprint density at radius 3 is 2.35 bits per heavy atom. The van der Waals surface area contributed by atoms with Gasteiger partial charge in [0.15, 0.2) is 0 Å². The van der Waals surface area contributed by atoms with Crippen molar-refractivity contribution >= 4 is 5.91 Å². The van der Waals surface area contributed by atoms with Gasteiger partial charge in [-0.05, 0) is 60.7 Å². The van der Waals surface area contributed by atoms with Gasteiger partial charge in [-0.1, -0.05) is 26.0 Å². The second-order valence-corrected chi connectivity index (χ2v) is 8.94. The van der Waals surface area contributed by atoms with Crippen molar-refractivity contribution in [2.24, 2.45) is 5.92 Å². The van der Waals surface area contributed by atoms with Crippen molar-refractivity contribution in [1.29, 1.82) is 0 Å². The molecule has 1 amide bonds. The summed E-state index contributed by atoms with van der Waals surface area (Å²) in [6, 6.07) is 15.6. The molecular formula is C27H33N3O4. The van der Waals surface area contributed by atoms with Gasteiger partial charge >= 0.3 is 0 Å². The molecule has 1 N–H and O–H groups in total. The molecule has 1 unspecified atom stereocenters. The highest BCUT2D eigenvalue weighted by molar-refractivity contribution is 6.00. The third-order valence-corrected chi connectivity index (χ3v) is 6.13. The quantitative estimate of drug-likeness (QED) is 0.401. The Morgan fingerprint density at radius 2 is 1.71 bits per heavy atom. The number of aromatic nitrogens is 2. The Balaban J connectivity index is 1.67. The predicted octanol–water partition coefficient (Wildman–Crippen LogP) is 5.09. The molecule has 3 aromatic rings. The van der Waals surface area contributed by atoms with Crippen molar-refractivity contribution in [1.82, 2.24) is 15.1 Å². The maximum absolute atomic E-state index is 13.4. The molecule has 7 nitrogen and oxygen atoms in total. The monoisotopic (exact) mass is 463 g/mol. The Bertz CT molecular complexity index is 1090. The van der Waals surface area contributed by atoms with Gasteiger partial charge in [0.2, 0.25) is 0 Å². The van der Waals surface area contributed by atoms with Crippen LogP contribution in [0, 0.1) is 5.92 Å². The van der Waals surface area contributed by atoms with Gasteiger partial charge in [-0.2, -0.15) is 5.10 Å². The van der Waals surface area contributed by atoms with E-state index in [0.717, 1.165) is 46.7 Å². The van der Waals surface area contributed by atoms with Crippen molar-refractivity contribution in [3.63, 3.8) is 0 Å². The fraction of sp³-hybridized carbons (Fsp3) is 0.407. The first kappa shape index (κ1) is 23.8. The number of hydrogen-bond acceptors (Lipinski definition) is 5. The summed E-state index contributed by atoms with van der Waals surface area (Å²) in [5.74, 6) is 2.17. The fourth-order valence-corrected chi connectivity index (χ4v) is 4.28. The van der Waals surface area contributed by atoms with Gasteiger partial charge < -0.3 is 19.1 Å². The normalized spacial score (nSPS) is 15.1. The van der Waals surface area contributed by atoms with Crippen LogP contribution in [0.3, 0.4) is 0 Å². The van der Waals surface area contributed by atoms with Crippen LogP contribution < -0.4 is 9.47 Å². The van der Waals surface area contributed by atoms with E-state index in [-0.39, 0.29) is 11.9 Å². The molecule has 0 bridgehead atoms. The third kappa shape index (κ3) is 4.94. The maximum atomic E-state index is 13.4. The molecule has 0 fully saturated rings. The highest BCUT2D eigenvalue weighted by atomic mass is 16.5. The molecule has 1 aliphatic rings. The van der Waals surface area contributed by atoms with Crippen LogP contribution in [0.2, 0.25) is 0 Å². The van der Waals surface area contributed by atoms with E-state index < -0.39 is 0 Å². The van der Waals surface area contributed by atoms with Gasteiger partial charge in [0.05, 0.1) is 25.5 Å². The van der Waals surface area contributed by atoms with Crippen molar-refractivity contribution in [2.75, 3.05) is 34.0 Å². The molecule has 0 saturated carbocycles. The minimum atomic E-state index is -0.236. The standard InChI is InChI=1S/C27H33N3O4/c1-18(2)14-17-34-22-12-8-20(9-13-22)26-23-24(19-6-10-21(33-4)11-7-19)28-29-25(23)27(31)30(26)15-5-16-32-3/h6-13,18,26H,5,14-17H2,1-4H3,(H,28,29). The Labute approximate surface area is 201 Å². The topological polar surface area (TPSA) is 76.7 Å². The third-order valence-electron chi connectivity index (χ3n) is 6.13. The van der Waals surface area contributed by atoms with Crippen LogP contribution in [-0.4, -0.2) is 55.0 Å². The van der Waals surface area contributed by atoms with Gasteiger partial charge in [0.25, 0.3) is 5.91 Å². The van der Waals surface area contributed by atoms with E-state index >= 15 is 0 Å². The second kappa shape index (κ2) is 10.7. The predicted molar refractivity (Wildman–Crippen MR) is 131 cm³/mol. The number of H-pyrrole nitrogens is 1. The smallest absolute Gasteiger partial charge is 0.273 e. The lowest BCUT2D eigenvalue weighted by Gasteiger charge is -2.26. The van der Waals surface area contributed by atoms with Crippen LogP contribution in [0.25, 0.3) is 11.3 Å². The number of hydrogen-bond donors (Lipinski definition) is 1. The molecule has 1 atom stereocenters. The summed E-state index contributed by atoms with van der Waals surface area (Å²) in [7, 11) is 3.32.